The van der Waals surface area contributed by atoms with Crippen LogP contribution in [0.5, 0.6) is 5.75 Å². The highest BCUT2D eigenvalue weighted by Gasteiger charge is 2.00. The summed E-state index contributed by atoms with van der Waals surface area (Å²) < 4.78 is 17.5. The van der Waals surface area contributed by atoms with Crippen LogP contribution in [0.4, 0.5) is 4.39 Å². The van der Waals surface area contributed by atoms with Gasteiger partial charge in [-0.05, 0) is 28.1 Å². The molecule has 0 N–H and O–H groups in total. The molecule has 1 aromatic rings. The molecule has 58 valence electrons. The Kier molecular flexibility index (Phi) is 2.59. The van der Waals surface area contributed by atoms with E-state index in [1.165, 1.54) is 12.1 Å². The van der Waals surface area contributed by atoms with E-state index in [0.717, 1.165) is 6.07 Å². The molecule has 0 unspecified atom stereocenters. The number of hydrogen-bond donors (Lipinski definition) is 0. The molecule has 0 heterocycles. The second-order valence-electron chi connectivity index (χ2n) is 1.79. The van der Waals surface area contributed by atoms with E-state index in [2.05, 4.69) is 20.7 Å². The van der Waals surface area contributed by atoms with Crippen molar-refractivity contribution in [2.24, 2.45) is 0 Å². The number of rotatable bonds is 2. The molecule has 0 saturated heterocycles. The van der Waals surface area contributed by atoms with E-state index in [1.54, 1.807) is 0 Å². The fraction of sp³-hybridized carbons (Fsp3) is 0. The molecule has 0 amide bonds. The van der Waals surface area contributed by atoms with E-state index in [4.69, 9.17) is 0 Å². The minimum absolute atomic E-state index is 0.181. The predicted octanol–water partition coefficient (Wildman–Crippen LogP) is 2.12. The minimum atomic E-state index is -0.440. The van der Waals surface area contributed by atoms with Crippen LogP contribution >= 0.6 is 15.9 Å². The zero-order valence-electron chi connectivity index (χ0n) is 5.38. The molecule has 0 atom stereocenters. The van der Waals surface area contributed by atoms with Crippen molar-refractivity contribution in [3.05, 3.63) is 28.5 Å². The fourth-order valence-electron chi connectivity index (χ4n) is 0.619. The molecule has 1 rings (SSSR count). The third kappa shape index (κ3) is 2.01. The highest BCUT2D eigenvalue weighted by molar-refractivity contribution is 9.10. The first-order chi connectivity index (χ1) is 5.24. The summed E-state index contributed by atoms with van der Waals surface area (Å²) in [5.74, 6) is -0.259. The van der Waals surface area contributed by atoms with Gasteiger partial charge in [-0.3, -0.25) is 4.79 Å². The van der Waals surface area contributed by atoms with Gasteiger partial charge in [-0.2, -0.15) is 0 Å². The lowest BCUT2D eigenvalue weighted by Crippen LogP contribution is -1.89. The zero-order chi connectivity index (χ0) is 8.27. The SMILES string of the molecule is O=COc1cc(F)ccc1Br. The number of benzene rings is 1. The normalized spacial score (nSPS) is 9.27. The van der Waals surface area contributed by atoms with Crippen LogP contribution in [0.25, 0.3) is 0 Å². The van der Waals surface area contributed by atoms with Crippen LogP contribution in [0.15, 0.2) is 22.7 Å². The van der Waals surface area contributed by atoms with Crippen LogP contribution in [0.1, 0.15) is 0 Å². The smallest absolute Gasteiger partial charge is 0.298 e. The molecule has 0 bridgehead atoms. The Morgan fingerprint density at radius 2 is 2.27 bits per heavy atom. The van der Waals surface area contributed by atoms with Crippen LogP contribution in [0.3, 0.4) is 0 Å². The van der Waals surface area contributed by atoms with Gasteiger partial charge in [-0.1, -0.05) is 0 Å². The maximum absolute atomic E-state index is 12.5. The predicted molar refractivity (Wildman–Crippen MR) is 40.8 cm³/mol. The topological polar surface area (TPSA) is 26.3 Å². The van der Waals surface area contributed by atoms with Gasteiger partial charge in [0.1, 0.15) is 11.6 Å². The molecule has 4 heteroatoms. The Morgan fingerprint density at radius 1 is 1.55 bits per heavy atom. The van der Waals surface area contributed by atoms with Crippen molar-refractivity contribution in [1.29, 1.82) is 0 Å². The van der Waals surface area contributed by atoms with E-state index in [1.807, 2.05) is 0 Å². The monoisotopic (exact) mass is 218 g/mol. The second-order valence-corrected chi connectivity index (χ2v) is 2.64. The number of halogens is 2. The summed E-state index contributed by atoms with van der Waals surface area (Å²) >= 11 is 3.08. The highest BCUT2D eigenvalue weighted by atomic mass is 79.9. The van der Waals surface area contributed by atoms with Gasteiger partial charge in [-0.15, -0.1) is 0 Å². The highest BCUT2D eigenvalue weighted by Crippen LogP contribution is 2.24. The van der Waals surface area contributed by atoms with Crippen molar-refractivity contribution in [2.75, 3.05) is 0 Å². The number of ether oxygens (including phenoxy) is 1. The summed E-state index contributed by atoms with van der Waals surface area (Å²) in [5.41, 5.74) is 0. The maximum atomic E-state index is 12.5. The van der Waals surface area contributed by atoms with Gasteiger partial charge in [-0.25, -0.2) is 4.39 Å². The lowest BCUT2D eigenvalue weighted by molar-refractivity contribution is -0.120. The van der Waals surface area contributed by atoms with Gasteiger partial charge in [0.05, 0.1) is 4.47 Å². The minimum Gasteiger partial charge on any atom is -0.427 e. The molecule has 0 saturated carbocycles. The summed E-state index contributed by atoms with van der Waals surface area (Å²) in [6.45, 7) is 0.250. The van der Waals surface area contributed by atoms with Crippen LogP contribution in [0.2, 0.25) is 0 Å². The second kappa shape index (κ2) is 3.48. The van der Waals surface area contributed by atoms with E-state index in [9.17, 15) is 9.18 Å². The molecule has 1 aromatic carbocycles. The molecule has 0 radical (unpaired) electrons. The first-order valence-electron chi connectivity index (χ1n) is 2.79. The van der Waals surface area contributed by atoms with Crippen molar-refractivity contribution >= 4 is 22.4 Å². The van der Waals surface area contributed by atoms with Crippen molar-refractivity contribution in [3.8, 4) is 5.75 Å². The summed E-state index contributed by atoms with van der Waals surface area (Å²) in [5, 5.41) is 0. The van der Waals surface area contributed by atoms with Crippen LogP contribution in [-0.2, 0) is 4.79 Å². The summed E-state index contributed by atoms with van der Waals surface area (Å²) in [4.78, 5) is 9.87. The van der Waals surface area contributed by atoms with Gasteiger partial charge in [0.15, 0.2) is 0 Å². The third-order valence-corrected chi connectivity index (χ3v) is 1.72. The molecule has 0 spiro atoms. The van der Waals surface area contributed by atoms with Gasteiger partial charge < -0.3 is 4.74 Å². The average Bonchev–Trinajstić information content (AvgIpc) is 1.98. The van der Waals surface area contributed by atoms with E-state index < -0.39 is 5.82 Å². The van der Waals surface area contributed by atoms with Gasteiger partial charge >= 0.3 is 0 Å². The third-order valence-electron chi connectivity index (χ3n) is 1.07. The van der Waals surface area contributed by atoms with Crippen molar-refractivity contribution in [2.45, 2.75) is 0 Å². The average molecular weight is 219 g/mol. The lowest BCUT2D eigenvalue weighted by atomic mass is 10.3. The van der Waals surface area contributed by atoms with Gasteiger partial charge in [0, 0.05) is 6.07 Å². The van der Waals surface area contributed by atoms with Gasteiger partial charge in [0.25, 0.3) is 6.47 Å². The Morgan fingerprint density at radius 3 is 2.91 bits per heavy atom. The Balaban J connectivity index is 3.01. The van der Waals surface area contributed by atoms with Crippen LogP contribution in [0, 0.1) is 5.82 Å². The molecule has 2 nitrogen and oxygen atoms in total. The molecular formula is C7H4BrFO2. The molecule has 0 aromatic heterocycles. The molecule has 0 aliphatic heterocycles. The molecular weight excluding hydrogens is 215 g/mol. The van der Waals surface area contributed by atoms with E-state index >= 15 is 0 Å². The lowest BCUT2D eigenvalue weighted by Gasteiger charge is -1.99. The summed E-state index contributed by atoms with van der Waals surface area (Å²) in [6, 6.07) is 3.86. The van der Waals surface area contributed by atoms with Crippen LogP contribution < -0.4 is 4.74 Å². The number of carbonyl (C=O) groups is 1. The van der Waals surface area contributed by atoms with E-state index in [-0.39, 0.29) is 12.2 Å². The number of carbonyl (C=O) groups excluding carboxylic acids is 1. The van der Waals surface area contributed by atoms with E-state index in [0.29, 0.717) is 4.47 Å². The van der Waals surface area contributed by atoms with Gasteiger partial charge in [0.2, 0.25) is 0 Å². The molecule has 0 aliphatic carbocycles. The number of hydrogen-bond acceptors (Lipinski definition) is 2. The fourth-order valence-corrected chi connectivity index (χ4v) is 0.959. The quantitative estimate of drug-likeness (QED) is 0.712. The first-order valence-corrected chi connectivity index (χ1v) is 3.58. The summed E-state index contributed by atoms with van der Waals surface area (Å²) in [6.07, 6.45) is 0. The Labute approximate surface area is 71.1 Å². The Bertz CT molecular complexity index is 275. The van der Waals surface area contributed by atoms with Crippen LogP contribution in [-0.4, -0.2) is 6.47 Å². The molecule has 0 fully saturated rings. The zero-order valence-corrected chi connectivity index (χ0v) is 6.97. The summed E-state index contributed by atoms with van der Waals surface area (Å²) in [7, 11) is 0. The maximum Gasteiger partial charge on any atom is 0.298 e. The van der Waals surface area contributed by atoms with Crippen molar-refractivity contribution in [3.63, 3.8) is 0 Å². The molecule has 0 aliphatic rings. The van der Waals surface area contributed by atoms with Crippen molar-refractivity contribution in [1.82, 2.24) is 0 Å². The standard InChI is InChI=1S/C7H4BrFO2/c8-6-2-1-5(9)3-7(6)11-4-10/h1-4H. The Hall–Kier alpha value is -0.900. The van der Waals surface area contributed by atoms with Crippen molar-refractivity contribution < 1.29 is 13.9 Å². The first kappa shape index (κ1) is 8.20. The largest absolute Gasteiger partial charge is 0.427 e. The molecule has 11 heavy (non-hydrogen) atoms.